The molecule has 0 saturated heterocycles. The van der Waals surface area contributed by atoms with Gasteiger partial charge in [0.1, 0.15) is 5.82 Å². The van der Waals surface area contributed by atoms with Crippen molar-refractivity contribution >= 4 is 17.6 Å². The van der Waals surface area contributed by atoms with E-state index in [9.17, 15) is 18.4 Å². The molecule has 1 amide bonds. The minimum Gasteiger partial charge on any atom is -0.465 e. The lowest BCUT2D eigenvalue weighted by atomic mass is 10.1. The van der Waals surface area contributed by atoms with Gasteiger partial charge in [-0.05, 0) is 30.3 Å². The van der Waals surface area contributed by atoms with Crippen LogP contribution in [0, 0.1) is 11.8 Å². The van der Waals surface area contributed by atoms with E-state index in [1.807, 2.05) is 0 Å². The van der Waals surface area contributed by atoms with Gasteiger partial charge in [-0.2, -0.15) is 4.39 Å². The Balaban J connectivity index is 2.35. The highest BCUT2D eigenvalue weighted by atomic mass is 19.1. The molecule has 1 N–H and O–H groups in total. The Bertz CT molecular complexity index is 704. The first-order chi connectivity index (χ1) is 10.0. The van der Waals surface area contributed by atoms with Crippen LogP contribution in [0.3, 0.4) is 0 Å². The third kappa shape index (κ3) is 3.19. The number of carbonyl (C=O) groups is 2. The summed E-state index contributed by atoms with van der Waals surface area (Å²) in [5, 5.41) is 2.26. The van der Waals surface area contributed by atoms with Gasteiger partial charge in [0.05, 0.1) is 23.9 Å². The first-order valence-corrected chi connectivity index (χ1v) is 5.82. The molecule has 108 valence electrons. The summed E-state index contributed by atoms with van der Waals surface area (Å²) in [5.74, 6) is -3.23. The van der Waals surface area contributed by atoms with Gasteiger partial charge >= 0.3 is 5.97 Å². The Hall–Kier alpha value is -2.83. The number of ether oxygens (including phenoxy) is 1. The number of hydrogen-bond acceptors (Lipinski definition) is 4. The van der Waals surface area contributed by atoms with E-state index in [0.29, 0.717) is 0 Å². The average Bonchev–Trinajstić information content (AvgIpc) is 2.47. The second-order valence-corrected chi connectivity index (χ2v) is 3.98. The number of esters is 1. The van der Waals surface area contributed by atoms with Crippen molar-refractivity contribution < 1.29 is 23.1 Å². The lowest BCUT2D eigenvalue weighted by molar-refractivity contribution is 0.0602. The molecular weight excluding hydrogens is 282 g/mol. The SMILES string of the molecule is COC(=O)c1ccc(F)cc1NC(=O)c1cccnc1F. The van der Waals surface area contributed by atoms with Gasteiger partial charge in [-0.3, -0.25) is 4.79 Å². The van der Waals surface area contributed by atoms with Crippen LogP contribution >= 0.6 is 0 Å². The molecule has 1 aromatic carbocycles. The smallest absolute Gasteiger partial charge is 0.339 e. The van der Waals surface area contributed by atoms with Crippen molar-refractivity contribution in [3.63, 3.8) is 0 Å². The van der Waals surface area contributed by atoms with Gasteiger partial charge in [0, 0.05) is 6.20 Å². The summed E-state index contributed by atoms with van der Waals surface area (Å²) in [6, 6.07) is 5.75. The highest BCUT2D eigenvalue weighted by Gasteiger charge is 2.17. The maximum atomic E-state index is 13.4. The lowest BCUT2D eigenvalue weighted by Gasteiger charge is -2.10. The Morgan fingerprint density at radius 3 is 2.62 bits per heavy atom. The van der Waals surface area contributed by atoms with Crippen LogP contribution in [0.25, 0.3) is 0 Å². The zero-order chi connectivity index (χ0) is 15.4. The van der Waals surface area contributed by atoms with Crippen LogP contribution < -0.4 is 5.32 Å². The number of amides is 1. The number of rotatable bonds is 3. The molecule has 0 aliphatic carbocycles. The van der Waals surface area contributed by atoms with E-state index in [1.54, 1.807) is 0 Å². The van der Waals surface area contributed by atoms with Crippen LogP contribution in [0.5, 0.6) is 0 Å². The number of anilines is 1. The molecule has 1 heterocycles. The Morgan fingerprint density at radius 1 is 1.19 bits per heavy atom. The van der Waals surface area contributed by atoms with Crippen molar-refractivity contribution in [2.45, 2.75) is 0 Å². The summed E-state index contributed by atoms with van der Waals surface area (Å²) in [6.07, 6.45) is 1.19. The Kier molecular flexibility index (Phi) is 4.22. The molecule has 2 rings (SSSR count). The summed E-state index contributed by atoms with van der Waals surface area (Å²) in [6.45, 7) is 0. The first kappa shape index (κ1) is 14.6. The maximum absolute atomic E-state index is 13.4. The van der Waals surface area contributed by atoms with Crippen LogP contribution in [0.1, 0.15) is 20.7 Å². The third-order valence-corrected chi connectivity index (χ3v) is 2.64. The summed E-state index contributed by atoms with van der Waals surface area (Å²) < 4.78 is 31.2. The number of nitrogens with zero attached hydrogens (tertiary/aromatic N) is 1. The standard InChI is InChI=1S/C14H10F2N2O3/c1-21-14(20)9-5-4-8(15)7-11(9)18-13(19)10-3-2-6-17-12(10)16/h2-7H,1H3,(H,18,19). The van der Waals surface area contributed by atoms with Crippen LogP contribution in [0.15, 0.2) is 36.5 Å². The second-order valence-electron chi connectivity index (χ2n) is 3.98. The van der Waals surface area contributed by atoms with E-state index in [0.717, 1.165) is 25.3 Å². The lowest BCUT2D eigenvalue weighted by Crippen LogP contribution is -2.17. The fraction of sp³-hybridized carbons (Fsp3) is 0.0714. The molecule has 0 aliphatic heterocycles. The van der Waals surface area contributed by atoms with E-state index < -0.39 is 23.6 Å². The van der Waals surface area contributed by atoms with Gasteiger partial charge in [-0.15, -0.1) is 0 Å². The number of halogens is 2. The minimum atomic E-state index is -0.967. The van der Waals surface area contributed by atoms with Crippen molar-refractivity contribution in [1.29, 1.82) is 0 Å². The quantitative estimate of drug-likeness (QED) is 0.696. The predicted molar refractivity (Wildman–Crippen MR) is 69.9 cm³/mol. The molecule has 7 heteroatoms. The van der Waals surface area contributed by atoms with Crippen molar-refractivity contribution in [1.82, 2.24) is 4.98 Å². The summed E-state index contributed by atoms with van der Waals surface area (Å²) in [7, 11) is 1.15. The molecule has 0 fully saturated rings. The largest absolute Gasteiger partial charge is 0.465 e. The normalized spacial score (nSPS) is 10.0. The molecule has 0 bridgehead atoms. The van der Waals surface area contributed by atoms with E-state index in [-0.39, 0.29) is 16.8 Å². The number of methoxy groups -OCH3 is 1. The minimum absolute atomic E-state index is 0.0449. The molecule has 0 aliphatic rings. The number of aromatic nitrogens is 1. The topological polar surface area (TPSA) is 68.3 Å². The average molecular weight is 292 g/mol. The van der Waals surface area contributed by atoms with Crippen LogP contribution in [0.4, 0.5) is 14.5 Å². The number of pyridine rings is 1. The Morgan fingerprint density at radius 2 is 1.95 bits per heavy atom. The van der Waals surface area contributed by atoms with E-state index in [1.165, 1.54) is 18.3 Å². The predicted octanol–water partition coefficient (Wildman–Crippen LogP) is 2.40. The Labute approximate surface area is 118 Å². The first-order valence-electron chi connectivity index (χ1n) is 5.82. The molecule has 1 aromatic heterocycles. The number of benzene rings is 1. The van der Waals surface area contributed by atoms with Crippen molar-refractivity contribution in [2.75, 3.05) is 12.4 Å². The van der Waals surface area contributed by atoms with E-state index in [2.05, 4.69) is 15.0 Å². The van der Waals surface area contributed by atoms with Crippen LogP contribution in [-0.2, 0) is 4.74 Å². The van der Waals surface area contributed by atoms with Crippen LogP contribution in [0.2, 0.25) is 0 Å². The third-order valence-electron chi connectivity index (χ3n) is 2.64. The highest BCUT2D eigenvalue weighted by Crippen LogP contribution is 2.19. The maximum Gasteiger partial charge on any atom is 0.339 e. The van der Waals surface area contributed by atoms with E-state index >= 15 is 0 Å². The summed E-state index contributed by atoms with van der Waals surface area (Å²) in [5.41, 5.74) is -0.482. The molecule has 0 atom stereocenters. The summed E-state index contributed by atoms with van der Waals surface area (Å²) in [4.78, 5) is 26.8. The van der Waals surface area contributed by atoms with Crippen molar-refractivity contribution in [3.8, 4) is 0 Å². The molecule has 5 nitrogen and oxygen atoms in total. The van der Waals surface area contributed by atoms with Crippen molar-refractivity contribution in [2.24, 2.45) is 0 Å². The fourth-order valence-corrected chi connectivity index (χ4v) is 1.65. The van der Waals surface area contributed by atoms with Gasteiger partial charge < -0.3 is 10.1 Å². The zero-order valence-electron chi connectivity index (χ0n) is 10.9. The monoisotopic (exact) mass is 292 g/mol. The van der Waals surface area contributed by atoms with Gasteiger partial charge in [-0.25, -0.2) is 14.2 Å². The van der Waals surface area contributed by atoms with Crippen molar-refractivity contribution in [3.05, 3.63) is 59.4 Å². The number of carbonyl (C=O) groups excluding carboxylic acids is 2. The van der Waals surface area contributed by atoms with Gasteiger partial charge in [0.2, 0.25) is 5.95 Å². The zero-order valence-corrected chi connectivity index (χ0v) is 10.9. The molecule has 0 saturated carbocycles. The molecule has 0 unspecified atom stereocenters. The fourth-order valence-electron chi connectivity index (χ4n) is 1.65. The number of hydrogen-bond donors (Lipinski definition) is 1. The molecule has 0 radical (unpaired) electrons. The molecular formula is C14H10F2N2O3. The molecule has 2 aromatic rings. The van der Waals surface area contributed by atoms with Gasteiger partial charge in [-0.1, -0.05) is 0 Å². The second kappa shape index (κ2) is 6.08. The molecule has 21 heavy (non-hydrogen) atoms. The highest BCUT2D eigenvalue weighted by molar-refractivity contribution is 6.07. The van der Waals surface area contributed by atoms with Crippen LogP contribution in [-0.4, -0.2) is 24.0 Å². The van der Waals surface area contributed by atoms with Gasteiger partial charge in [0.15, 0.2) is 0 Å². The molecule has 0 spiro atoms. The van der Waals surface area contributed by atoms with Gasteiger partial charge in [0.25, 0.3) is 5.91 Å². The van der Waals surface area contributed by atoms with E-state index in [4.69, 9.17) is 0 Å². The number of nitrogens with one attached hydrogen (secondary N) is 1. The summed E-state index contributed by atoms with van der Waals surface area (Å²) >= 11 is 0.